The third kappa shape index (κ3) is 3.01. The Bertz CT molecular complexity index is 443. The molecular formula is C11H11F2NO3. The number of isocyanates is 1. The Labute approximate surface area is 96.9 Å². The van der Waals surface area contributed by atoms with E-state index >= 15 is 0 Å². The second-order valence-corrected chi connectivity index (χ2v) is 3.11. The van der Waals surface area contributed by atoms with Gasteiger partial charge in [0.2, 0.25) is 6.08 Å². The van der Waals surface area contributed by atoms with Crippen molar-refractivity contribution in [3.8, 4) is 11.5 Å². The monoisotopic (exact) mass is 243 g/mol. The number of benzene rings is 1. The predicted octanol–water partition coefficient (Wildman–Crippen LogP) is 2.48. The number of methoxy groups -OCH3 is 2. The van der Waals surface area contributed by atoms with Crippen LogP contribution >= 0.6 is 0 Å². The van der Waals surface area contributed by atoms with Gasteiger partial charge in [0.05, 0.1) is 26.3 Å². The molecule has 0 fully saturated rings. The van der Waals surface area contributed by atoms with Crippen molar-refractivity contribution in [2.45, 2.75) is 13.0 Å². The molecule has 0 heterocycles. The summed E-state index contributed by atoms with van der Waals surface area (Å²) in [6.45, 7) is 0.00650. The van der Waals surface area contributed by atoms with Crippen molar-refractivity contribution in [2.75, 3.05) is 14.2 Å². The van der Waals surface area contributed by atoms with E-state index < -0.39 is 6.43 Å². The van der Waals surface area contributed by atoms with E-state index in [1.54, 1.807) is 0 Å². The number of carbonyl (C=O) groups excluding carboxylic acids is 1. The van der Waals surface area contributed by atoms with Crippen LogP contribution in [0.5, 0.6) is 11.5 Å². The molecule has 0 amide bonds. The number of hydrogen-bond donors (Lipinski definition) is 0. The molecule has 0 saturated heterocycles. The fourth-order valence-corrected chi connectivity index (χ4v) is 1.40. The van der Waals surface area contributed by atoms with Gasteiger partial charge in [-0.2, -0.15) is 0 Å². The Balaban J connectivity index is 3.26. The maximum absolute atomic E-state index is 12.7. The van der Waals surface area contributed by atoms with Crippen LogP contribution in [0.4, 0.5) is 8.78 Å². The summed E-state index contributed by atoms with van der Waals surface area (Å²) in [5.74, 6) is 0.275. The molecule has 17 heavy (non-hydrogen) atoms. The van der Waals surface area contributed by atoms with Gasteiger partial charge in [-0.3, -0.25) is 0 Å². The summed E-state index contributed by atoms with van der Waals surface area (Å²) in [4.78, 5) is 13.4. The van der Waals surface area contributed by atoms with Gasteiger partial charge in [0.25, 0.3) is 6.43 Å². The maximum Gasteiger partial charge on any atom is 0.267 e. The Kier molecular flexibility index (Phi) is 4.60. The van der Waals surface area contributed by atoms with Crippen molar-refractivity contribution < 1.29 is 23.0 Å². The van der Waals surface area contributed by atoms with Gasteiger partial charge in [-0.25, -0.2) is 18.6 Å². The first-order valence-electron chi connectivity index (χ1n) is 4.70. The lowest BCUT2D eigenvalue weighted by atomic mass is 10.1. The van der Waals surface area contributed by atoms with Gasteiger partial charge >= 0.3 is 0 Å². The van der Waals surface area contributed by atoms with Crippen LogP contribution in [0.3, 0.4) is 0 Å². The summed E-state index contributed by atoms with van der Waals surface area (Å²) < 4.78 is 35.2. The molecule has 1 rings (SSSR count). The van der Waals surface area contributed by atoms with Crippen LogP contribution in [0.15, 0.2) is 17.1 Å². The lowest BCUT2D eigenvalue weighted by Crippen LogP contribution is -1.98. The highest BCUT2D eigenvalue weighted by molar-refractivity contribution is 5.47. The minimum Gasteiger partial charge on any atom is -0.496 e. The number of halogens is 2. The molecule has 0 aliphatic carbocycles. The third-order valence-electron chi connectivity index (χ3n) is 2.18. The van der Waals surface area contributed by atoms with E-state index in [1.165, 1.54) is 32.4 Å². The Morgan fingerprint density at radius 2 is 1.94 bits per heavy atom. The van der Waals surface area contributed by atoms with E-state index in [4.69, 9.17) is 9.47 Å². The van der Waals surface area contributed by atoms with Gasteiger partial charge in [0.15, 0.2) is 0 Å². The molecule has 0 saturated carbocycles. The molecule has 0 bridgehead atoms. The fraction of sp³-hybridized carbons (Fsp3) is 0.364. The number of nitrogens with zero attached hydrogens (tertiary/aromatic N) is 1. The minimum atomic E-state index is -2.66. The number of rotatable bonds is 5. The van der Waals surface area contributed by atoms with Crippen LogP contribution in [0, 0.1) is 0 Å². The average molecular weight is 243 g/mol. The smallest absolute Gasteiger partial charge is 0.267 e. The summed E-state index contributed by atoms with van der Waals surface area (Å²) in [6.07, 6.45) is -1.29. The van der Waals surface area contributed by atoms with Crippen LogP contribution in [-0.4, -0.2) is 20.3 Å². The van der Waals surface area contributed by atoms with Crippen LogP contribution in [0.25, 0.3) is 0 Å². The van der Waals surface area contributed by atoms with E-state index in [-0.39, 0.29) is 23.6 Å². The van der Waals surface area contributed by atoms with Gasteiger partial charge in [0.1, 0.15) is 11.5 Å². The van der Waals surface area contributed by atoms with E-state index in [0.29, 0.717) is 5.56 Å². The summed E-state index contributed by atoms with van der Waals surface area (Å²) in [6, 6.07) is 2.56. The van der Waals surface area contributed by atoms with Crippen LogP contribution in [0.1, 0.15) is 17.6 Å². The van der Waals surface area contributed by atoms with E-state index in [9.17, 15) is 13.6 Å². The third-order valence-corrected chi connectivity index (χ3v) is 2.18. The summed E-state index contributed by atoms with van der Waals surface area (Å²) in [5.41, 5.74) is 0.222. The van der Waals surface area contributed by atoms with Crippen molar-refractivity contribution in [2.24, 2.45) is 4.99 Å². The molecule has 0 unspecified atom stereocenters. The first-order chi connectivity index (χ1) is 8.13. The fourth-order valence-electron chi connectivity index (χ4n) is 1.40. The molecule has 92 valence electrons. The first kappa shape index (κ1) is 13.1. The zero-order chi connectivity index (χ0) is 12.8. The highest BCUT2D eigenvalue weighted by Crippen LogP contribution is 2.35. The molecule has 0 aromatic heterocycles. The average Bonchev–Trinajstić information content (AvgIpc) is 2.34. The molecule has 0 N–H and O–H groups in total. The zero-order valence-corrected chi connectivity index (χ0v) is 9.37. The number of aliphatic imine (C=N–C) groups is 1. The Morgan fingerprint density at radius 1 is 1.29 bits per heavy atom. The summed E-state index contributed by atoms with van der Waals surface area (Å²) >= 11 is 0. The largest absolute Gasteiger partial charge is 0.496 e. The molecule has 1 aromatic rings. The number of ether oxygens (including phenoxy) is 2. The highest BCUT2D eigenvalue weighted by Gasteiger charge is 2.17. The van der Waals surface area contributed by atoms with Crippen molar-refractivity contribution in [3.05, 3.63) is 23.3 Å². The standard InChI is InChI=1S/C11H11F2NO3/c1-16-9-4-8(11(12)13)10(17-2)3-7(9)5-14-6-15/h3-4,11H,5H2,1-2H3. The molecule has 0 aliphatic rings. The van der Waals surface area contributed by atoms with Gasteiger partial charge in [0, 0.05) is 5.56 Å². The Morgan fingerprint density at radius 3 is 2.41 bits per heavy atom. The quantitative estimate of drug-likeness (QED) is 0.589. The van der Waals surface area contributed by atoms with Gasteiger partial charge in [-0.1, -0.05) is 0 Å². The maximum atomic E-state index is 12.7. The molecule has 4 nitrogen and oxygen atoms in total. The summed E-state index contributed by atoms with van der Waals surface area (Å²) in [7, 11) is 2.64. The summed E-state index contributed by atoms with van der Waals surface area (Å²) in [5, 5.41) is 0. The first-order valence-corrected chi connectivity index (χ1v) is 4.70. The zero-order valence-electron chi connectivity index (χ0n) is 9.37. The lowest BCUT2D eigenvalue weighted by molar-refractivity contribution is 0.146. The SMILES string of the molecule is COc1cc(C(F)F)c(OC)cc1CN=C=O. The molecule has 6 heteroatoms. The van der Waals surface area contributed by atoms with Gasteiger partial charge in [-0.05, 0) is 12.1 Å². The van der Waals surface area contributed by atoms with Crippen molar-refractivity contribution in [3.63, 3.8) is 0 Å². The topological polar surface area (TPSA) is 47.9 Å². The van der Waals surface area contributed by atoms with Gasteiger partial charge < -0.3 is 9.47 Å². The van der Waals surface area contributed by atoms with Crippen molar-refractivity contribution >= 4 is 6.08 Å². The normalized spacial score (nSPS) is 9.94. The van der Waals surface area contributed by atoms with Crippen LogP contribution in [0.2, 0.25) is 0 Å². The Hall–Kier alpha value is -1.94. The lowest BCUT2D eigenvalue weighted by Gasteiger charge is -2.13. The second kappa shape index (κ2) is 5.96. The molecule has 0 atom stereocenters. The molecule has 1 aromatic carbocycles. The van der Waals surface area contributed by atoms with E-state index in [1.807, 2.05) is 0 Å². The molecular weight excluding hydrogens is 232 g/mol. The molecule has 0 aliphatic heterocycles. The van der Waals surface area contributed by atoms with Gasteiger partial charge in [-0.15, -0.1) is 0 Å². The van der Waals surface area contributed by atoms with Crippen molar-refractivity contribution in [1.29, 1.82) is 0 Å². The van der Waals surface area contributed by atoms with E-state index in [0.717, 1.165) is 0 Å². The molecule has 0 radical (unpaired) electrons. The molecule has 0 spiro atoms. The minimum absolute atomic E-state index is 0.00650. The van der Waals surface area contributed by atoms with E-state index in [2.05, 4.69) is 4.99 Å². The number of alkyl halides is 2. The number of hydrogen-bond acceptors (Lipinski definition) is 4. The highest BCUT2D eigenvalue weighted by atomic mass is 19.3. The van der Waals surface area contributed by atoms with Crippen LogP contribution in [-0.2, 0) is 11.3 Å². The van der Waals surface area contributed by atoms with Crippen molar-refractivity contribution in [1.82, 2.24) is 0 Å². The van der Waals surface area contributed by atoms with Crippen LogP contribution < -0.4 is 9.47 Å². The predicted molar refractivity (Wildman–Crippen MR) is 56.3 cm³/mol. The second-order valence-electron chi connectivity index (χ2n) is 3.11.